The predicted octanol–water partition coefficient (Wildman–Crippen LogP) is 1.88. The Labute approximate surface area is 147 Å². The highest BCUT2D eigenvalue weighted by Crippen LogP contribution is 2.29. The summed E-state index contributed by atoms with van der Waals surface area (Å²) in [5.41, 5.74) is 8.18. The molecule has 1 aliphatic heterocycles. The third-order valence-corrected chi connectivity index (χ3v) is 4.70. The lowest BCUT2D eigenvalue weighted by molar-refractivity contribution is -0.118. The van der Waals surface area contributed by atoms with Crippen molar-refractivity contribution in [1.29, 1.82) is 0 Å². The molecule has 3 rings (SSSR count). The average molecular weight is 343 g/mol. The van der Waals surface area contributed by atoms with Crippen LogP contribution in [0.5, 0.6) is 0 Å². The molecule has 1 saturated heterocycles. The molecule has 1 aromatic rings. The monoisotopic (exact) mass is 343 g/mol. The minimum absolute atomic E-state index is 0.128. The summed E-state index contributed by atoms with van der Waals surface area (Å²) >= 11 is 0. The Hall–Kier alpha value is -2.28. The van der Waals surface area contributed by atoms with Crippen LogP contribution in [0, 0.1) is 5.92 Å². The lowest BCUT2D eigenvalue weighted by Gasteiger charge is -2.26. The number of nitrogens with zero attached hydrogens (tertiary/aromatic N) is 3. The molecule has 134 valence electrons. The van der Waals surface area contributed by atoms with E-state index in [1.165, 1.54) is 0 Å². The van der Waals surface area contributed by atoms with Gasteiger partial charge in [0.05, 0.1) is 6.20 Å². The normalized spacial score (nSPS) is 25.6. The van der Waals surface area contributed by atoms with E-state index in [2.05, 4.69) is 27.2 Å². The lowest BCUT2D eigenvalue weighted by atomic mass is 9.84. The number of aromatic nitrogens is 2. The van der Waals surface area contributed by atoms with Gasteiger partial charge >= 0.3 is 0 Å². The Bertz CT molecular complexity index is 665. The molecule has 2 aliphatic rings. The number of nitrogens with two attached hydrogens (primary N) is 1. The van der Waals surface area contributed by atoms with Gasteiger partial charge in [0, 0.05) is 42.9 Å². The number of rotatable bonds is 3. The van der Waals surface area contributed by atoms with Crippen molar-refractivity contribution in [2.45, 2.75) is 45.1 Å². The summed E-state index contributed by atoms with van der Waals surface area (Å²) in [4.78, 5) is 25.4. The van der Waals surface area contributed by atoms with E-state index in [0.717, 1.165) is 43.4 Å². The average Bonchev–Trinajstić information content (AvgIpc) is 2.63. The minimum Gasteiger partial charge on any atom is -0.394 e. The summed E-state index contributed by atoms with van der Waals surface area (Å²) < 4.78 is 5.33. The Morgan fingerprint density at radius 1 is 1.32 bits per heavy atom. The molecular weight excluding hydrogens is 318 g/mol. The van der Waals surface area contributed by atoms with E-state index in [4.69, 9.17) is 10.5 Å². The molecule has 1 aliphatic carbocycles. The van der Waals surface area contributed by atoms with Crippen molar-refractivity contribution in [2.24, 2.45) is 16.6 Å². The van der Waals surface area contributed by atoms with E-state index in [0.29, 0.717) is 24.9 Å². The van der Waals surface area contributed by atoms with Crippen LogP contribution in [0.2, 0.25) is 0 Å². The fourth-order valence-electron chi connectivity index (χ4n) is 3.22. The summed E-state index contributed by atoms with van der Waals surface area (Å²) in [7, 11) is 0. The Morgan fingerprint density at radius 2 is 2.12 bits per heavy atom. The zero-order chi connectivity index (χ0) is 17.6. The van der Waals surface area contributed by atoms with Gasteiger partial charge in [0.15, 0.2) is 5.82 Å². The van der Waals surface area contributed by atoms with Gasteiger partial charge in [0.25, 0.3) is 5.91 Å². The maximum absolute atomic E-state index is 12.6. The Kier molecular flexibility index (Phi) is 5.75. The molecule has 1 aromatic heterocycles. The minimum atomic E-state index is -0.205. The molecule has 1 atom stereocenters. The van der Waals surface area contributed by atoms with Crippen molar-refractivity contribution in [1.82, 2.24) is 15.3 Å². The molecule has 0 aromatic carbocycles. The molecule has 2 fully saturated rings. The fraction of sp³-hybridized carbons (Fsp3) is 0.556. The van der Waals surface area contributed by atoms with Crippen molar-refractivity contribution in [3.05, 3.63) is 29.9 Å². The standard InChI is InChI=1S/C18H25N5O2/c1-12-2-3-14(15(10-12)23-16-11-20-6-7-21-16)17(19)18(24)22-13-4-8-25-9-5-13/h6-7,11-13H,2-5,8-10,19H2,1H3,(H,22,24). The van der Waals surface area contributed by atoms with Crippen LogP contribution in [0.3, 0.4) is 0 Å². The molecule has 0 spiro atoms. The first kappa shape index (κ1) is 17.5. The van der Waals surface area contributed by atoms with Crippen LogP contribution in [0.15, 0.2) is 34.9 Å². The van der Waals surface area contributed by atoms with Gasteiger partial charge in [-0.1, -0.05) is 6.92 Å². The second kappa shape index (κ2) is 8.20. The SMILES string of the molecule is CC1CCC(=C(N)C(=O)NC2CCOCC2)C(=Nc2cnccn2)C1. The van der Waals surface area contributed by atoms with E-state index < -0.39 is 0 Å². The quantitative estimate of drug-likeness (QED) is 0.816. The van der Waals surface area contributed by atoms with Crippen LogP contribution in [-0.4, -0.2) is 40.8 Å². The zero-order valence-electron chi connectivity index (χ0n) is 14.6. The van der Waals surface area contributed by atoms with Gasteiger partial charge in [-0.25, -0.2) is 9.98 Å². The first-order valence-corrected chi connectivity index (χ1v) is 8.84. The second-order valence-electron chi connectivity index (χ2n) is 6.72. The topological polar surface area (TPSA) is 102 Å². The van der Waals surface area contributed by atoms with Gasteiger partial charge in [0.2, 0.25) is 0 Å². The Morgan fingerprint density at radius 3 is 2.84 bits per heavy atom. The molecule has 2 heterocycles. The van der Waals surface area contributed by atoms with Crippen molar-refractivity contribution in [3.63, 3.8) is 0 Å². The number of carbonyl (C=O) groups excluding carboxylic acids is 1. The van der Waals surface area contributed by atoms with Gasteiger partial charge in [-0.2, -0.15) is 0 Å². The third-order valence-electron chi connectivity index (χ3n) is 4.70. The molecule has 3 N–H and O–H groups in total. The van der Waals surface area contributed by atoms with Crippen molar-refractivity contribution in [2.75, 3.05) is 13.2 Å². The van der Waals surface area contributed by atoms with E-state index in [1.54, 1.807) is 18.6 Å². The maximum Gasteiger partial charge on any atom is 0.267 e. The van der Waals surface area contributed by atoms with Crippen LogP contribution in [0.1, 0.15) is 39.0 Å². The van der Waals surface area contributed by atoms with E-state index >= 15 is 0 Å². The van der Waals surface area contributed by atoms with Gasteiger partial charge in [-0.15, -0.1) is 0 Å². The number of allylic oxidation sites excluding steroid dienone is 1. The molecule has 1 unspecified atom stereocenters. The number of hydrogen-bond acceptors (Lipinski definition) is 6. The van der Waals surface area contributed by atoms with E-state index in [-0.39, 0.29) is 17.6 Å². The molecule has 25 heavy (non-hydrogen) atoms. The van der Waals surface area contributed by atoms with E-state index in [9.17, 15) is 4.79 Å². The summed E-state index contributed by atoms with van der Waals surface area (Å²) in [6, 6.07) is 0.128. The molecule has 1 amide bonds. The highest BCUT2D eigenvalue weighted by Gasteiger charge is 2.25. The molecule has 7 heteroatoms. The first-order valence-electron chi connectivity index (χ1n) is 8.84. The van der Waals surface area contributed by atoms with Crippen LogP contribution in [0.25, 0.3) is 0 Å². The molecule has 1 saturated carbocycles. The number of aliphatic imine (C=N–C) groups is 1. The van der Waals surface area contributed by atoms with Gasteiger partial charge < -0.3 is 15.8 Å². The highest BCUT2D eigenvalue weighted by molar-refractivity contribution is 6.09. The lowest BCUT2D eigenvalue weighted by Crippen LogP contribution is -2.42. The fourth-order valence-corrected chi connectivity index (χ4v) is 3.22. The smallest absolute Gasteiger partial charge is 0.267 e. The number of hydrogen-bond donors (Lipinski definition) is 2. The van der Waals surface area contributed by atoms with Gasteiger partial charge in [-0.05, 0) is 38.0 Å². The predicted molar refractivity (Wildman–Crippen MR) is 95.3 cm³/mol. The Balaban J connectivity index is 1.81. The van der Waals surface area contributed by atoms with Crippen molar-refractivity contribution < 1.29 is 9.53 Å². The number of amides is 1. The summed E-state index contributed by atoms with van der Waals surface area (Å²) in [5.74, 6) is 0.843. The zero-order valence-corrected chi connectivity index (χ0v) is 14.6. The first-order chi connectivity index (χ1) is 12.1. The summed E-state index contributed by atoms with van der Waals surface area (Å²) in [5, 5.41) is 3.03. The molecule has 7 nitrogen and oxygen atoms in total. The third kappa shape index (κ3) is 4.63. The maximum atomic E-state index is 12.6. The van der Waals surface area contributed by atoms with E-state index in [1.807, 2.05) is 0 Å². The van der Waals surface area contributed by atoms with Crippen LogP contribution >= 0.6 is 0 Å². The van der Waals surface area contributed by atoms with Crippen LogP contribution in [-0.2, 0) is 9.53 Å². The van der Waals surface area contributed by atoms with Gasteiger partial charge in [-0.3, -0.25) is 9.78 Å². The van der Waals surface area contributed by atoms with Gasteiger partial charge in [0.1, 0.15) is 5.70 Å². The summed E-state index contributed by atoms with van der Waals surface area (Å²) in [6.45, 7) is 3.54. The van der Waals surface area contributed by atoms with Crippen LogP contribution < -0.4 is 11.1 Å². The molecular formula is C18H25N5O2. The van der Waals surface area contributed by atoms with Crippen molar-refractivity contribution >= 4 is 17.4 Å². The largest absolute Gasteiger partial charge is 0.394 e. The second-order valence-corrected chi connectivity index (χ2v) is 6.72. The van der Waals surface area contributed by atoms with Crippen LogP contribution in [0.4, 0.5) is 5.82 Å². The summed E-state index contributed by atoms with van der Waals surface area (Å²) in [6.07, 6.45) is 9.03. The number of ether oxygens (including phenoxy) is 1. The van der Waals surface area contributed by atoms with Crippen molar-refractivity contribution in [3.8, 4) is 0 Å². The number of carbonyl (C=O) groups is 1. The number of nitrogens with one attached hydrogen (secondary N) is 1. The molecule has 0 bridgehead atoms. The highest BCUT2D eigenvalue weighted by atomic mass is 16.5. The molecule has 0 radical (unpaired) electrons.